The fourth-order valence-electron chi connectivity index (χ4n) is 2.07. The highest BCUT2D eigenvalue weighted by Crippen LogP contribution is 2.33. The molecular formula is C17H12F4O2. The highest BCUT2D eigenvalue weighted by atomic mass is 19.4. The number of carbonyl (C=O) groups is 1. The van der Waals surface area contributed by atoms with Gasteiger partial charge in [0.2, 0.25) is 0 Å². The van der Waals surface area contributed by atoms with Crippen LogP contribution in [0, 0.1) is 12.7 Å². The van der Waals surface area contributed by atoms with Gasteiger partial charge >= 0.3 is 12.1 Å². The van der Waals surface area contributed by atoms with Gasteiger partial charge in [-0.2, -0.15) is 13.2 Å². The summed E-state index contributed by atoms with van der Waals surface area (Å²) in [5.41, 5.74) is -1.35. The Bertz CT molecular complexity index is 776. The zero-order valence-corrected chi connectivity index (χ0v) is 12.0. The number of carboxylic acids is 1. The van der Waals surface area contributed by atoms with Crippen molar-refractivity contribution in [1.29, 1.82) is 0 Å². The molecular weight excluding hydrogens is 312 g/mol. The minimum Gasteiger partial charge on any atom is -0.478 e. The standard InChI is InChI=1S/C17H12F4O2/c1-10-6-7-11(9-15(10)18)13(16(22)23)8-12-4-2-3-5-14(12)17(19,20)21/h2-9H,1H3,(H,22,23)/b13-8-. The van der Waals surface area contributed by atoms with Gasteiger partial charge in [0.05, 0.1) is 11.1 Å². The highest BCUT2D eigenvalue weighted by Gasteiger charge is 2.32. The molecule has 2 aromatic carbocycles. The molecule has 0 spiro atoms. The summed E-state index contributed by atoms with van der Waals surface area (Å²) in [6, 6.07) is 8.33. The van der Waals surface area contributed by atoms with E-state index in [-0.39, 0.29) is 11.1 Å². The molecule has 0 atom stereocenters. The Morgan fingerprint density at radius 2 is 1.78 bits per heavy atom. The van der Waals surface area contributed by atoms with Gasteiger partial charge in [-0.3, -0.25) is 0 Å². The van der Waals surface area contributed by atoms with Crippen LogP contribution in [0.15, 0.2) is 42.5 Å². The van der Waals surface area contributed by atoms with Crippen LogP contribution in [-0.4, -0.2) is 11.1 Å². The number of benzene rings is 2. The lowest BCUT2D eigenvalue weighted by atomic mass is 9.99. The zero-order chi connectivity index (χ0) is 17.2. The molecule has 2 rings (SSSR count). The summed E-state index contributed by atoms with van der Waals surface area (Å²) in [5, 5.41) is 9.27. The average Bonchev–Trinajstić information content (AvgIpc) is 2.47. The summed E-state index contributed by atoms with van der Waals surface area (Å²) in [5.74, 6) is -2.07. The van der Waals surface area contributed by atoms with Crippen LogP contribution in [0.3, 0.4) is 0 Å². The first-order valence-corrected chi connectivity index (χ1v) is 6.58. The van der Waals surface area contributed by atoms with Crippen LogP contribution in [0.2, 0.25) is 0 Å². The maximum Gasteiger partial charge on any atom is 0.416 e. The molecule has 0 aromatic heterocycles. The summed E-state index contributed by atoms with van der Waals surface area (Å²) < 4.78 is 52.6. The molecule has 2 aromatic rings. The largest absolute Gasteiger partial charge is 0.478 e. The number of hydrogen-bond acceptors (Lipinski definition) is 1. The van der Waals surface area contributed by atoms with Crippen molar-refractivity contribution in [2.45, 2.75) is 13.1 Å². The average molecular weight is 324 g/mol. The minimum atomic E-state index is -4.62. The molecule has 6 heteroatoms. The Morgan fingerprint density at radius 3 is 2.35 bits per heavy atom. The van der Waals surface area contributed by atoms with E-state index in [1.165, 1.54) is 31.2 Å². The van der Waals surface area contributed by atoms with Crippen LogP contribution in [0.1, 0.15) is 22.3 Å². The van der Waals surface area contributed by atoms with Gasteiger partial charge in [0.25, 0.3) is 0 Å². The van der Waals surface area contributed by atoms with Crippen molar-refractivity contribution < 1.29 is 27.5 Å². The Balaban J connectivity index is 2.61. The lowest BCUT2D eigenvalue weighted by molar-refractivity contribution is -0.137. The number of alkyl halides is 3. The second-order valence-corrected chi connectivity index (χ2v) is 4.91. The first-order valence-electron chi connectivity index (χ1n) is 6.58. The molecule has 1 N–H and O–H groups in total. The number of aliphatic carboxylic acids is 1. The van der Waals surface area contributed by atoms with Crippen LogP contribution in [0.5, 0.6) is 0 Å². The molecule has 0 aliphatic rings. The van der Waals surface area contributed by atoms with Crippen molar-refractivity contribution in [3.8, 4) is 0 Å². The highest BCUT2D eigenvalue weighted by molar-refractivity contribution is 6.20. The molecule has 2 nitrogen and oxygen atoms in total. The Kier molecular flexibility index (Phi) is 4.54. The molecule has 0 radical (unpaired) electrons. The molecule has 0 aliphatic heterocycles. The maximum atomic E-state index is 13.6. The van der Waals surface area contributed by atoms with E-state index in [1.807, 2.05) is 0 Å². The van der Waals surface area contributed by atoms with E-state index < -0.39 is 29.1 Å². The summed E-state index contributed by atoms with van der Waals surface area (Å²) >= 11 is 0. The first kappa shape index (κ1) is 16.7. The van der Waals surface area contributed by atoms with Gasteiger partial charge in [-0.05, 0) is 41.8 Å². The third-order valence-electron chi connectivity index (χ3n) is 3.28. The van der Waals surface area contributed by atoms with Crippen LogP contribution in [-0.2, 0) is 11.0 Å². The van der Waals surface area contributed by atoms with Crippen molar-refractivity contribution in [3.05, 3.63) is 70.5 Å². The second-order valence-electron chi connectivity index (χ2n) is 4.91. The van der Waals surface area contributed by atoms with Crippen molar-refractivity contribution in [2.75, 3.05) is 0 Å². The van der Waals surface area contributed by atoms with E-state index in [9.17, 15) is 27.5 Å². The molecule has 0 saturated carbocycles. The van der Waals surface area contributed by atoms with E-state index in [4.69, 9.17) is 0 Å². The van der Waals surface area contributed by atoms with Gasteiger partial charge in [0.1, 0.15) is 5.82 Å². The molecule has 0 unspecified atom stereocenters. The predicted molar refractivity (Wildman–Crippen MR) is 78.1 cm³/mol. The normalized spacial score (nSPS) is 12.3. The first-order chi connectivity index (χ1) is 10.7. The molecule has 0 aliphatic carbocycles. The molecule has 0 bridgehead atoms. The molecule has 120 valence electrons. The maximum absolute atomic E-state index is 13.6. The van der Waals surface area contributed by atoms with Gasteiger partial charge in [-0.1, -0.05) is 30.3 Å². The van der Waals surface area contributed by atoms with Crippen molar-refractivity contribution in [1.82, 2.24) is 0 Å². The third-order valence-corrected chi connectivity index (χ3v) is 3.28. The number of hydrogen-bond donors (Lipinski definition) is 1. The monoisotopic (exact) mass is 324 g/mol. The van der Waals surface area contributed by atoms with Crippen LogP contribution < -0.4 is 0 Å². The number of carboxylic acid groups (broad SMARTS) is 1. The topological polar surface area (TPSA) is 37.3 Å². The fourth-order valence-corrected chi connectivity index (χ4v) is 2.07. The SMILES string of the molecule is Cc1ccc(/C(=C/c2ccccc2C(F)(F)F)C(=O)O)cc1F. The molecule has 0 fully saturated rings. The van der Waals surface area contributed by atoms with Crippen LogP contribution in [0.4, 0.5) is 17.6 Å². The minimum absolute atomic E-state index is 0.00224. The zero-order valence-electron chi connectivity index (χ0n) is 12.0. The smallest absolute Gasteiger partial charge is 0.416 e. The number of rotatable bonds is 3. The predicted octanol–water partition coefficient (Wildman–Crippen LogP) is 4.78. The van der Waals surface area contributed by atoms with E-state index in [2.05, 4.69) is 0 Å². The van der Waals surface area contributed by atoms with Crippen LogP contribution in [0.25, 0.3) is 11.6 Å². The Labute approximate surface area is 129 Å². The number of halogens is 4. The van der Waals surface area contributed by atoms with E-state index in [0.717, 1.165) is 24.3 Å². The second kappa shape index (κ2) is 6.24. The molecule has 0 saturated heterocycles. The lowest BCUT2D eigenvalue weighted by Crippen LogP contribution is -2.08. The lowest BCUT2D eigenvalue weighted by Gasteiger charge is -2.11. The van der Waals surface area contributed by atoms with E-state index in [0.29, 0.717) is 5.56 Å². The summed E-state index contributed by atoms with van der Waals surface area (Å²) in [7, 11) is 0. The van der Waals surface area contributed by atoms with Crippen molar-refractivity contribution in [3.63, 3.8) is 0 Å². The van der Waals surface area contributed by atoms with Gasteiger partial charge in [0.15, 0.2) is 0 Å². The van der Waals surface area contributed by atoms with E-state index in [1.54, 1.807) is 0 Å². The molecule has 23 heavy (non-hydrogen) atoms. The third kappa shape index (κ3) is 3.77. The number of aryl methyl sites for hydroxylation is 1. The Hall–Kier alpha value is -2.63. The van der Waals surface area contributed by atoms with Crippen molar-refractivity contribution >= 4 is 17.6 Å². The van der Waals surface area contributed by atoms with Crippen molar-refractivity contribution in [2.24, 2.45) is 0 Å². The van der Waals surface area contributed by atoms with Gasteiger partial charge in [-0.25, -0.2) is 9.18 Å². The van der Waals surface area contributed by atoms with Gasteiger partial charge in [0, 0.05) is 0 Å². The molecule has 0 amide bonds. The summed E-state index contributed by atoms with van der Waals surface area (Å²) in [6.45, 7) is 1.50. The Morgan fingerprint density at radius 1 is 1.13 bits per heavy atom. The fraction of sp³-hybridized carbons (Fsp3) is 0.118. The van der Waals surface area contributed by atoms with Crippen LogP contribution >= 0.6 is 0 Å². The van der Waals surface area contributed by atoms with Gasteiger partial charge < -0.3 is 5.11 Å². The quantitative estimate of drug-likeness (QED) is 0.501. The summed E-state index contributed by atoms with van der Waals surface area (Å²) in [4.78, 5) is 11.4. The summed E-state index contributed by atoms with van der Waals surface area (Å²) in [6.07, 6.45) is -3.72. The molecule has 0 heterocycles. The van der Waals surface area contributed by atoms with E-state index >= 15 is 0 Å². The van der Waals surface area contributed by atoms with Gasteiger partial charge in [-0.15, -0.1) is 0 Å².